The van der Waals surface area contributed by atoms with Crippen molar-refractivity contribution in [1.82, 2.24) is 19.5 Å². The first kappa shape index (κ1) is 15.8. The van der Waals surface area contributed by atoms with Crippen molar-refractivity contribution in [2.24, 2.45) is 0 Å². The number of amides is 1. The summed E-state index contributed by atoms with van der Waals surface area (Å²) in [7, 11) is -3.62. The topological polar surface area (TPSA) is 93.9 Å². The second-order valence-corrected chi connectivity index (χ2v) is 7.95. The first-order valence-corrected chi connectivity index (χ1v) is 9.78. The molecule has 0 bridgehead atoms. The summed E-state index contributed by atoms with van der Waals surface area (Å²) < 4.78 is 26.3. The summed E-state index contributed by atoms with van der Waals surface area (Å²) in [5.41, 5.74) is 2.65. The van der Waals surface area contributed by atoms with Gasteiger partial charge in [-0.05, 0) is 31.0 Å². The van der Waals surface area contributed by atoms with Gasteiger partial charge in [0.15, 0.2) is 5.65 Å². The second-order valence-electron chi connectivity index (χ2n) is 6.21. The van der Waals surface area contributed by atoms with E-state index in [-0.39, 0.29) is 5.56 Å². The number of hydrogen-bond donors (Lipinski definition) is 1. The van der Waals surface area contributed by atoms with Crippen LogP contribution in [0, 0.1) is 0 Å². The van der Waals surface area contributed by atoms with E-state index in [1.807, 2.05) is 35.1 Å². The van der Waals surface area contributed by atoms with Crippen LogP contribution in [0.1, 0.15) is 34.8 Å². The molecular weight excluding hydrogens is 340 g/mol. The summed E-state index contributed by atoms with van der Waals surface area (Å²) in [4.78, 5) is 16.5. The van der Waals surface area contributed by atoms with E-state index in [0.717, 1.165) is 35.9 Å². The number of pyridine rings is 1. The van der Waals surface area contributed by atoms with Gasteiger partial charge in [-0.3, -0.25) is 4.79 Å². The van der Waals surface area contributed by atoms with Crippen molar-refractivity contribution in [2.75, 3.05) is 6.26 Å². The van der Waals surface area contributed by atoms with Crippen molar-refractivity contribution in [3.05, 3.63) is 53.9 Å². The van der Waals surface area contributed by atoms with Gasteiger partial charge in [0, 0.05) is 17.5 Å². The van der Waals surface area contributed by atoms with Crippen LogP contribution in [0.25, 0.3) is 16.7 Å². The third kappa shape index (κ3) is 3.12. The zero-order chi connectivity index (χ0) is 17.6. The molecule has 1 aromatic carbocycles. The lowest BCUT2D eigenvalue weighted by Gasteiger charge is -2.04. The Hall–Kier alpha value is -2.74. The van der Waals surface area contributed by atoms with Gasteiger partial charge in [-0.25, -0.2) is 22.8 Å². The van der Waals surface area contributed by atoms with Crippen LogP contribution in [0.5, 0.6) is 0 Å². The molecule has 8 heteroatoms. The molecule has 0 radical (unpaired) electrons. The molecule has 0 aliphatic heterocycles. The number of carbonyl (C=O) groups excluding carboxylic acids is 1. The maximum absolute atomic E-state index is 12.1. The van der Waals surface area contributed by atoms with Gasteiger partial charge in [-0.2, -0.15) is 5.10 Å². The van der Waals surface area contributed by atoms with Gasteiger partial charge in [-0.1, -0.05) is 18.2 Å². The minimum Gasteiger partial charge on any atom is -0.268 e. The van der Waals surface area contributed by atoms with Crippen LogP contribution in [0.2, 0.25) is 0 Å². The maximum Gasteiger partial charge on any atom is 0.266 e. The molecule has 1 fully saturated rings. The average molecular weight is 356 g/mol. The smallest absolute Gasteiger partial charge is 0.266 e. The lowest BCUT2D eigenvalue weighted by molar-refractivity contribution is 0.0981. The summed E-state index contributed by atoms with van der Waals surface area (Å²) in [6.07, 6.45) is 4.43. The van der Waals surface area contributed by atoms with Crippen LogP contribution in [0.15, 0.2) is 42.6 Å². The lowest BCUT2D eigenvalue weighted by Crippen LogP contribution is -2.29. The van der Waals surface area contributed by atoms with E-state index in [0.29, 0.717) is 11.6 Å². The molecule has 1 aliphatic rings. The van der Waals surface area contributed by atoms with Crippen molar-refractivity contribution in [1.29, 1.82) is 0 Å². The number of sulfonamides is 1. The van der Waals surface area contributed by atoms with Crippen LogP contribution < -0.4 is 4.72 Å². The molecule has 25 heavy (non-hydrogen) atoms. The number of hydrogen-bond acceptors (Lipinski definition) is 5. The SMILES string of the molecule is CS(=O)(=O)NC(=O)c1cnc2c(c1)c(C1CC1)nn2-c1ccccc1. The number of nitrogens with one attached hydrogen (secondary N) is 1. The summed E-state index contributed by atoms with van der Waals surface area (Å²) in [5.74, 6) is -0.325. The zero-order valence-corrected chi connectivity index (χ0v) is 14.3. The molecule has 128 valence electrons. The van der Waals surface area contributed by atoms with Gasteiger partial charge < -0.3 is 0 Å². The standard InChI is InChI=1S/C17H16N4O3S/c1-25(23,24)20-17(22)12-9-14-15(11-7-8-11)19-21(16(14)18-10-12)13-5-3-2-4-6-13/h2-6,9-11H,7-8H2,1H3,(H,20,22). The normalized spacial score (nSPS) is 14.6. The average Bonchev–Trinajstić information content (AvgIpc) is 3.34. The van der Waals surface area contributed by atoms with Gasteiger partial charge in [0.05, 0.1) is 23.2 Å². The van der Waals surface area contributed by atoms with Crippen LogP contribution in [0.3, 0.4) is 0 Å². The quantitative estimate of drug-likeness (QED) is 0.771. The first-order chi connectivity index (χ1) is 11.9. The van der Waals surface area contributed by atoms with E-state index >= 15 is 0 Å². The fourth-order valence-electron chi connectivity index (χ4n) is 2.78. The molecule has 0 saturated heterocycles. The Morgan fingerprint density at radius 3 is 2.60 bits per heavy atom. The Balaban J connectivity index is 1.85. The minimum absolute atomic E-state index is 0.201. The molecule has 3 aromatic rings. The zero-order valence-electron chi connectivity index (χ0n) is 13.5. The molecule has 2 heterocycles. The number of rotatable bonds is 4. The second kappa shape index (κ2) is 5.66. The number of aromatic nitrogens is 3. The van der Waals surface area contributed by atoms with Crippen LogP contribution in [0.4, 0.5) is 0 Å². The van der Waals surface area contributed by atoms with Crippen LogP contribution in [-0.4, -0.2) is 35.3 Å². The van der Waals surface area contributed by atoms with Gasteiger partial charge in [0.1, 0.15) is 0 Å². The molecule has 0 atom stereocenters. The van der Waals surface area contributed by atoms with Gasteiger partial charge in [-0.15, -0.1) is 0 Å². The molecule has 0 unspecified atom stereocenters. The lowest BCUT2D eigenvalue weighted by atomic mass is 10.1. The molecule has 1 saturated carbocycles. The van der Waals surface area contributed by atoms with Crippen molar-refractivity contribution in [2.45, 2.75) is 18.8 Å². The Morgan fingerprint density at radius 1 is 1.24 bits per heavy atom. The highest BCUT2D eigenvalue weighted by atomic mass is 32.2. The van der Waals surface area contributed by atoms with Gasteiger partial charge in [0.2, 0.25) is 10.0 Å². The van der Waals surface area contributed by atoms with Crippen molar-refractivity contribution >= 4 is 27.0 Å². The highest BCUT2D eigenvalue weighted by Gasteiger charge is 2.30. The van der Waals surface area contributed by atoms with E-state index in [2.05, 4.69) is 4.98 Å². The van der Waals surface area contributed by atoms with Crippen molar-refractivity contribution in [3.63, 3.8) is 0 Å². The van der Waals surface area contributed by atoms with Crippen LogP contribution in [-0.2, 0) is 10.0 Å². The number of nitrogens with zero attached hydrogens (tertiary/aromatic N) is 3. The number of benzene rings is 1. The fourth-order valence-corrected chi connectivity index (χ4v) is 3.24. The Bertz CT molecular complexity index is 1070. The van der Waals surface area contributed by atoms with Crippen LogP contribution >= 0.6 is 0 Å². The van der Waals surface area contributed by atoms with E-state index in [9.17, 15) is 13.2 Å². The fraction of sp³-hybridized carbons (Fsp3) is 0.235. The Kier molecular flexibility index (Phi) is 3.57. The highest BCUT2D eigenvalue weighted by molar-refractivity contribution is 7.89. The molecule has 1 aliphatic carbocycles. The highest BCUT2D eigenvalue weighted by Crippen LogP contribution is 2.42. The largest absolute Gasteiger partial charge is 0.268 e. The molecule has 0 spiro atoms. The number of fused-ring (bicyclic) bond motifs is 1. The monoisotopic (exact) mass is 356 g/mol. The predicted octanol–water partition coefficient (Wildman–Crippen LogP) is 1.99. The molecule has 2 aromatic heterocycles. The molecule has 1 amide bonds. The number of para-hydroxylation sites is 1. The van der Waals surface area contributed by atoms with E-state index < -0.39 is 15.9 Å². The molecule has 1 N–H and O–H groups in total. The summed E-state index contributed by atoms with van der Waals surface area (Å²) >= 11 is 0. The van der Waals surface area contributed by atoms with E-state index in [1.165, 1.54) is 6.20 Å². The van der Waals surface area contributed by atoms with Gasteiger partial charge in [0.25, 0.3) is 5.91 Å². The van der Waals surface area contributed by atoms with Gasteiger partial charge >= 0.3 is 0 Å². The maximum atomic E-state index is 12.1. The molecule has 7 nitrogen and oxygen atoms in total. The first-order valence-electron chi connectivity index (χ1n) is 7.88. The third-order valence-corrected chi connectivity index (χ3v) is 4.61. The Morgan fingerprint density at radius 2 is 1.96 bits per heavy atom. The predicted molar refractivity (Wildman–Crippen MR) is 93.2 cm³/mol. The molecular formula is C17H16N4O3S. The van der Waals surface area contributed by atoms with E-state index in [1.54, 1.807) is 10.7 Å². The van der Waals surface area contributed by atoms with E-state index in [4.69, 9.17) is 5.10 Å². The summed E-state index contributed by atoms with van der Waals surface area (Å²) in [6.45, 7) is 0. The Labute approximate surface area is 144 Å². The number of carbonyl (C=O) groups is 1. The summed E-state index contributed by atoms with van der Waals surface area (Å²) in [5, 5.41) is 5.49. The summed E-state index contributed by atoms with van der Waals surface area (Å²) in [6, 6.07) is 11.3. The van der Waals surface area contributed by atoms with Crippen molar-refractivity contribution < 1.29 is 13.2 Å². The van der Waals surface area contributed by atoms with Crippen molar-refractivity contribution in [3.8, 4) is 5.69 Å². The molecule has 4 rings (SSSR count). The third-order valence-electron chi connectivity index (χ3n) is 4.06. The minimum atomic E-state index is -3.62.